The lowest BCUT2D eigenvalue weighted by Crippen LogP contribution is -2.57. The van der Waals surface area contributed by atoms with E-state index in [0.717, 1.165) is 5.56 Å². The lowest BCUT2D eigenvalue weighted by atomic mass is 9.98. The fourth-order valence-corrected chi connectivity index (χ4v) is 6.07. The van der Waals surface area contributed by atoms with Gasteiger partial charge in [0.2, 0.25) is 11.8 Å². The number of hydrogen-bond acceptors (Lipinski definition) is 5. The molecule has 8 heteroatoms. The molecular formula is C25H37N3O4S. The molecule has 3 amide bonds. The van der Waals surface area contributed by atoms with Crippen molar-refractivity contribution < 1.29 is 19.1 Å². The number of nitrogens with one attached hydrogen (secondary N) is 2. The highest BCUT2D eigenvalue weighted by Gasteiger charge is 2.57. The fraction of sp³-hybridized carbons (Fsp3) is 0.640. The topological polar surface area (TPSA) is 87.7 Å². The first-order chi connectivity index (χ1) is 15.5. The van der Waals surface area contributed by atoms with Crippen LogP contribution in [0.3, 0.4) is 0 Å². The van der Waals surface area contributed by atoms with Gasteiger partial charge in [-0.05, 0) is 58.1 Å². The normalized spacial score (nSPS) is 21.8. The molecule has 2 aliphatic rings. The van der Waals surface area contributed by atoms with Gasteiger partial charge in [0.1, 0.15) is 17.5 Å². The number of ether oxygens (including phenoxy) is 1. The van der Waals surface area contributed by atoms with Crippen LogP contribution in [-0.4, -0.2) is 58.7 Å². The lowest BCUT2D eigenvalue weighted by Gasteiger charge is -2.31. The quantitative estimate of drug-likeness (QED) is 0.506. The second-order valence-corrected chi connectivity index (χ2v) is 11.8. The van der Waals surface area contributed by atoms with Crippen LogP contribution in [0.5, 0.6) is 0 Å². The number of rotatable bonds is 10. The first kappa shape index (κ1) is 25.6. The molecule has 2 heterocycles. The molecule has 2 aliphatic heterocycles. The Morgan fingerprint density at radius 3 is 2.55 bits per heavy atom. The predicted octanol–water partition coefficient (Wildman–Crippen LogP) is 3.50. The maximum absolute atomic E-state index is 13.5. The molecule has 3 rings (SSSR count). The van der Waals surface area contributed by atoms with Crippen molar-refractivity contribution in [1.82, 2.24) is 15.5 Å². The molecule has 0 bridgehead atoms. The summed E-state index contributed by atoms with van der Waals surface area (Å²) < 4.78 is 5.04. The van der Waals surface area contributed by atoms with Crippen LogP contribution in [0.25, 0.3) is 0 Å². The number of carbonyl (C=O) groups is 3. The van der Waals surface area contributed by atoms with E-state index in [1.54, 1.807) is 16.7 Å². The Hall–Kier alpha value is -2.06. The minimum atomic E-state index is -0.658. The first-order valence-electron chi connectivity index (χ1n) is 11.8. The highest BCUT2D eigenvalue weighted by Crippen LogP contribution is 2.56. The third kappa shape index (κ3) is 5.72. The third-order valence-corrected chi connectivity index (χ3v) is 7.49. The van der Waals surface area contributed by atoms with Gasteiger partial charge in [-0.25, -0.2) is 0 Å². The molecule has 7 nitrogen and oxygen atoms in total. The molecule has 1 aromatic rings. The van der Waals surface area contributed by atoms with E-state index in [2.05, 4.69) is 10.6 Å². The Morgan fingerprint density at radius 1 is 1.18 bits per heavy atom. The summed E-state index contributed by atoms with van der Waals surface area (Å²) in [4.78, 5) is 41.3. The molecule has 0 aromatic heterocycles. The van der Waals surface area contributed by atoms with Crippen LogP contribution in [0.2, 0.25) is 0 Å². The van der Waals surface area contributed by atoms with E-state index in [1.165, 1.54) is 0 Å². The summed E-state index contributed by atoms with van der Waals surface area (Å²) in [6, 6.07) is 6.23. The zero-order valence-corrected chi connectivity index (χ0v) is 21.3. The smallest absolute Gasteiger partial charge is 0.256 e. The Kier molecular flexibility index (Phi) is 8.11. The third-order valence-electron chi connectivity index (χ3n) is 5.96. The van der Waals surface area contributed by atoms with E-state index in [4.69, 9.17) is 4.74 Å². The van der Waals surface area contributed by atoms with Gasteiger partial charge in [0.25, 0.3) is 5.91 Å². The summed E-state index contributed by atoms with van der Waals surface area (Å²) >= 11 is 1.62. The number of benzene rings is 1. The van der Waals surface area contributed by atoms with E-state index in [9.17, 15) is 14.4 Å². The summed E-state index contributed by atoms with van der Waals surface area (Å²) in [5.74, 6) is -0.372. The van der Waals surface area contributed by atoms with Gasteiger partial charge in [-0.2, -0.15) is 0 Å². The maximum atomic E-state index is 13.5. The Morgan fingerprint density at radius 2 is 1.88 bits per heavy atom. The Bertz CT molecular complexity index is 886. The summed E-state index contributed by atoms with van der Waals surface area (Å²) in [7, 11) is 0. The van der Waals surface area contributed by atoms with Crippen LogP contribution in [0, 0.1) is 5.92 Å². The van der Waals surface area contributed by atoms with E-state index >= 15 is 0 Å². The average Bonchev–Trinajstić information content (AvgIpc) is 3.16. The molecular weight excluding hydrogens is 438 g/mol. The van der Waals surface area contributed by atoms with Crippen LogP contribution in [0.15, 0.2) is 24.3 Å². The predicted molar refractivity (Wildman–Crippen MR) is 131 cm³/mol. The second kappa shape index (κ2) is 10.5. The first-order valence-corrected chi connectivity index (χ1v) is 12.7. The molecule has 0 radical (unpaired) electrons. The molecule has 182 valence electrons. The van der Waals surface area contributed by atoms with Crippen LogP contribution < -0.4 is 10.6 Å². The van der Waals surface area contributed by atoms with Crippen molar-refractivity contribution in [3.63, 3.8) is 0 Å². The zero-order valence-electron chi connectivity index (χ0n) is 20.5. The summed E-state index contributed by atoms with van der Waals surface area (Å²) in [6.07, 6.45) is 1.39. The van der Waals surface area contributed by atoms with Crippen molar-refractivity contribution in [1.29, 1.82) is 0 Å². The van der Waals surface area contributed by atoms with Crippen LogP contribution in [0.4, 0.5) is 0 Å². The molecule has 1 fully saturated rings. The van der Waals surface area contributed by atoms with Crippen molar-refractivity contribution in [3.05, 3.63) is 35.4 Å². The average molecular weight is 476 g/mol. The zero-order chi connectivity index (χ0) is 24.3. The Balaban J connectivity index is 1.70. The van der Waals surface area contributed by atoms with Crippen molar-refractivity contribution in [2.75, 3.05) is 13.2 Å². The highest BCUT2D eigenvalue weighted by atomic mass is 32.2. The van der Waals surface area contributed by atoms with Crippen molar-refractivity contribution in [2.45, 2.75) is 82.7 Å². The minimum Gasteiger partial charge on any atom is -0.379 e. The van der Waals surface area contributed by atoms with Gasteiger partial charge in [-0.15, -0.1) is 11.8 Å². The van der Waals surface area contributed by atoms with Gasteiger partial charge in [-0.1, -0.05) is 32.0 Å². The second-order valence-electron chi connectivity index (χ2n) is 10.0. The minimum absolute atomic E-state index is 0.121. The van der Waals surface area contributed by atoms with Gasteiger partial charge in [0, 0.05) is 23.5 Å². The van der Waals surface area contributed by atoms with Gasteiger partial charge in [0.05, 0.1) is 6.10 Å². The standard InChI is InChI=1S/C25H37N3O4S/c1-15(2)14-19(21(29)26-12-9-13-32-16(3)4)27-22(30)20-25(5,6)33-24-18-11-8-7-10-17(18)23(31)28(20)24/h7-8,10-11,15-16,19-20,24H,9,12-14H2,1-6H3,(H,26,29)(H,27,30). The van der Waals surface area contributed by atoms with Crippen LogP contribution >= 0.6 is 11.8 Å². The fourth-order valence-electron chi connectivity index (χ4n) is 4.48. The molecule has 1 saturated heterocycles. The molecule has 3 atom stereocenters. The molecule has 0 spiro atoms. The van der Waals surface area contributed by atoms with Gasteiger partial charge < -0.3 is 20.3 Å². The number of hydrogen-bond donors (Lipinski definition) is 2. The molecule has 1 aromatic carbocycles. The number of thioether (sulfide) groups is 1. The molecule has 33 heavy (non-hydrogen) atoms. The van der Waals surface area contributed by atoms with Gasteiger partial charge in [0.15, 0.2) is 0 Å². The van der Waals surface area contributed by atoms with Crippen molar-refractivity contribution in [2.24, 2.45) is 5.92 Å². The number of carbonyl (C=O) groups excluding carboxylic acids is 3. The molecule has 2 N–H and O–H groups in total. The summed E-state index contributed by atoms with van der Waals surface area (Å²) in [5, 5.41) is 5.72. The Labute approximate surface area is 201 Å². The lowest BCUT2D eigenvalue weighted by molar-refractivity contribution is -0.132. The van der Waals surface area contributed by atoms with Crippen molar-refractivity contribution in [3.8, 4) is 0 Å². The maximum Gasteiger partial charge on any atom is 0.256 e. The SMILES string of the molecule is CC(C)CC(NC(=O)C1N2C(=O)c3ccccc3C2SC1(C)C)C(=O)NCCCOC(C)C. The number of nitrogens with zero attached hydrogens (tertiary/aromatic N) is 1. The van der Waals surface area contributed by atoms with E-state index < -0.39 is 16.8 Å². The van der Waals surface area contributed by atoms with E-state index in [-0.39, 0.29) is 35.1 Å². The summed E-state index contributed by atoms with van der Waals surface area (Å²) in [5.41, 5.74) is 1.61. The number of fused-ring (bicyclic) bond motifs is 3. The highest BCUT2D eigenvalue weighted by molar-refractivity contribution is 8.01. The molecule has 0 aliphatic carbocycles. The van der Waals surface area contributed by atoms with E-state index in [0.29, 0.717) is 31.6 Å². The molecule has 0 saturated carbocycles. The summed E-state index contributed by atoms with van der Waals surface area (Å²) in [6.45, 7) is 13.0. The van der Waals surface area contributed by atoms with Crippen LogP contribution in [0.1, 0.15) is 75.7 Å². The van der Waals surface area contributed by atoms with Gasteiger partial charge >= 0.3 is 0 Å². The molecule has 3 unspecified atom stereocenters. The largest absolute Gasteiger partial charge is 0.379 e. The number of amides is 3. The van der Waals surface area contributed by atoms with Gasteiger partial charge in [-0.3, -0.25) is 14.4 Å². The van der Waals surface area contributed by atoms with E-state index in [1.807, 2.05) is 65.8 Å². The van der Waals surface area contributed by atoms with Crippen LogP contribution in [-0.2, 0) is 14.3 Å². The monoisotopic (exact) mass is 475 g/mol. The van der Waals surface area contributed by atoms with Crippen molar-refractivity contribution >= 4 is 29.5 Å².